The van der Waals surface area contributed by atoms with Crippen LogP contribution in [0.3, 0.4) is 0 Å². The van der Waals surface area contributed by atoms with Gasteiger partial charge < -0.3 is 14.6 Å². The Balaban J connectivity index is 1.66. The molecule has 0 atom stereocenters. The SMILES string of the molecule is Cc1ccc(CNC(=O)c2cc3nc(N(C)C)n(-c4ccc(F)cc4)c3s2)o1. The number of amides is 1. The number of aryl methyl sites for hydroxylation is 1. The second-order valence-electron chi connectivity index (χ2n) is 6.61. The minimum absolute atomic E-state index is 0.186. The van der Waals surface area contributed by atoms with Crippen molar-refractivity contribution in [2.45, 2.75) is 13.5 Å². The summed E-state index contributed by atoms with van der Waals surface area (Å²) in [5, 5.41) is 2.86. The van der Waals surface area contributed by atoms with Gasteiger partial charge in [-0.25, -0.2) is 9.37 Å². The highest BCUT2D eigenvalue weighted by atomic mass is 32.1. The fraction of sp³-hybridized carbons (Fsp3) is 0.200. The molecule has 4 rings (SSSR count). The Morgan fingerprint density at radius 2 is 2.00 bits per heavy atom. The number of carbonyl (C=O) groups is 1. The number of halogens is 1. The molecule has 0 unspecified atom stereocenters. The molecule has 0 spiro atoms. The van der Waals surface area contributed by atoms with E-state index in [0.29, 0.717) is 23.1 Å². The van der Waals surface area contributed by atoms with E-state index in [1.165, 1.54) is 23.5 Å². The summed E-state index contributed by atoms with van der Waals surface area (Å²) in [6.45, 7) is 2.18. The largest absolute Gasteiger partial charge is 0.465 e. The molecule has 4 aromatic rings. The molecule has 3 aromatic heterocycles. The molecule has 0 saturated heterocycles. The lowest BCUT2D eigenvalue weighted by Gasteiger charge is -2.14. The summed E-state index contributed by atoms with van der Waals surface area (Å²) in [4.78, 5) is 20.5. The van der Waals surface area contributed by atoms with Crippen molar-refractivity contribution < 1.29 is 13.6 Å². The smallest absolute Gasteiger partial charge is 0.261 e. The van der Waals surface area contributed by atoms with Crippen molar-refractivity contribution >= 4 is 33.5 Å². The second-order valence-corrected chi connectivity index (χ2v) is 7.64. The molecule has 0 fully saturated rings. The Labute approximate surface area is 165 Å². The van der Waals surface area contributed by atoms with Crippen LogP contribution in [0.4, 0.5) is 10.3 Å². The summed E-state index contributed by atoms with van der Waals surface area (Å²) >= 11 is 1.35. The zero-order chi connectivity index (χ0) is 19.8. The van der Waals surface area contributed by atoms with E-state index in [2.05, 4.69) is 10.3 Å². The summed E-state index contributed by atoms with van der Waals surface area (Å²) in [5.74, 6) is 1.74. The van der Waals surface area contributed by atoms with Crippen molar-refractivity contribution in [2.75, 3.05) is 19.0 Å². The van der Waals surface area contributed by atoms with Crippen LogP contribution in [-0.4, -0.2) is 29.6 Å². The van der Waals surface area contributed by atoms with Crippen LogP contribution in [0.25, 0.3) is 16.0 Å². The van der Waals surface area contributed by atoms with Gasteiger partial charge in [0.1, 0.15) is 27.7 Å². The molecule has 0 bridgehead atoms. The third-order valence-corrected chi connectivity index (χ3v) is 5.35. The van der Waals surface area contributed by atoms with Gasteiger partial charge in [0.2, 0.25) is 5.95 Å². The van der Waals surface area contributed by atoms with Crippen molar-refractivity contribution in [3.05, 3.63) is 64.7 Å². The van der Waals surface area contributed by atoms with Crippen LogP contribution < -0.4 is 10.2 Å². The molecule has 0 aliphatic carbocycles. The maximum absolute atomic E-state index is 13.3. The van der Waals surface area contributed by atoms with Crippen molar-refractivity contribution in [1.29, 1.82) is 0 Å². The number of carbonyl (C=O) groups excluding carboxylic acids is 1. The standard InChI is InChI=1S/C20H19FN4O2S/c1-12-4-9-15(27-12)11-22-18(26)17-10-16-19(28-17)25(20(23-16)24(2)3)14-7-5-13(21)6-8-14/h4-10H,11H2,1-3H3,(H,22,26). The lowest BCUT2D eigenvalue weighted by Crippen LogP contribution is -2.21. The predicted octanol–water partition coefficient (Wildman–Crippen LogP) is 4.12. The Hall–Kier alpha value is -3.13. The lowest BCUT2D eigenvalue weighted by atomic mass is 10.3. The number of rotatable bonds is 5. The van der Waals surface area contributed by atoms with Gasteiger partial charge in [-0.05, 0) is 49.4 Å². The normalized spacial score (nSPS) is 11.1. The molecule has 8 heteroatoms. The van der Waals surface area contributed by atoms with Gasteiger partial charge in [0.15, 0.2) is 0 Å². The number of aromatic nitrogens is 2. The Kier molecular flexibility index (Phi) is 4.64. The van der Waals surface area contributed by atoms with E-state index in [0.717, 1.165) is 21.8 Å². The number of nitrogens with zero attached hydrogens (tertiary/aromatic N) is 3. The minimum Gasteiger partial charge on any atom is -0.465 e. The van der Waals surface area contributed by atoms with Gasteiger partial charge in [0, 0.05) is 14.1 Å². The molecule has 1 aromatic carbocycles. The van der Waals surface area contributed by atoms with Crippen LogP contribution in [0.15, 0.2) is 46.9 Å². The summed E-state index contributed by atoms with van der Waals surface area (Å²) in [5.41, 5.74) is 1.50. The number of fused-ring (bicyclic) bond motifs is 1. The molecular formula is C20H19FN4O2S. The number of hydrogen-bond acceptors (Lipinski definition) is 5. The monoisotopic (exact) mass is 398 g/mol. The van der Waals surface area contributed by atoms with Crippen LogP contribution in [0.5, 0.6) is 0 Å². The van der Waals surface area contributed by atoms with E-state index in [1.54, 1.807) is 18.2 Å². The summed E-state index contributed by atoms with van der Waals surface area (Å²) in [7, 11) is 3.79. The average Bonchev–Trinajstić information content (AvgIpc) is 3.34. The molecule has 28 heavy (non-hydrogen) atoms. The van der Waals surface area contributed by atoms with Gasteiger partial charge in [0.05, 0.1) is 17.1 Å². The highest BCUT2D eigenvalue weighted by Crippen LogP contribution is 2.32. The molecule has 3 heterocycles. The van der Waals surface area contributed by atoms with Crippen LogP contribution in [-0.2, 0) is 6.54 Å². The number of anilines is 1. The first kappa shape index (κ1) is 18.2. The van der Waals surface area contributed by atoms with E-state index in [-0.39, 0.29) is 11.7 Å². The Morgan fingerprint density at radius 1 is 1.25 bits per heavy atom. The minimum atomic E-state index is -0.300. The van der Waals surface area contributed by atoms with Crippen LogP contribution >= 0.6 is 11.3 Å². The second kappa shape index (κ2) is 7.12. The molecule has 1 amide bonds. The number of thiophene rings is 1. The van der Waals surface area contributed by atoms with E-state index in [1.807, 2.05) is 42.6 Å². The summed E-state index contributed by atoms with van der Waals surface area (Å²) in [6, 6.07) is 11.7. The molecule has 144 valence electrons. The number of furan rings is 1. The predicted molar refractivity (Wildman–Crippen MR) is 108 cm³/mol. The van der Waals surface area contributed by atoms with Crippen molar-refractivity contribution in [3.8, 4) is 5.69 Å². The molecule has 0 aliphatic heterocycles. The number of hydrogen-bond donors (Lipinski definition) is 1. The quantitative estimate of drug-likeness (QED) is 0.549. The van der Waals surface area contributed by atoms with Gasteiger partial charge in [-0.3, -0.25) is 9.36 Å². The summed E-state index contributed by atoms with van der Waals surface area (Å²) in [6.07, 6.45) is 0. The zero-order valence-electron chi connectivity index (χ0n) is 15.7. The number of benzene rings is 1. The third kappa shape index (κ3) is 3.38. The first-order chi connectivity index (χ1) is 13.4. The number of nitrogens with one attached hydrogen (secondary N) is 1. The van der Waals surface area contributed by atoms with Crippen LogP contribution in [0.2, 0.25) is 0 Å². The molecule has 0 saturated carbocycles. The lowest BCUT2D eigenvalue weighted by molar-refractivity contribution is 0.0952. The Bertz CT molecular complexity index is 1140. The first-order valence-electron chi connectivity index (χ1n) is 8.71. The molecule has 0 radical (unpaired) electrons. The van der Waals surface area contributed by atoms with E-state index in [9.17, 15) is 9.18 Å². The van der Waals surface area contributed by atoms with E-state index >= 15 is 0 Å². The fourth-order valence-corrected chi connectivity index (χ4v) is 3.96. The zero-order valence-corrected chi connectivity index (χ0v) is 16.5. The highest BCUT2D eigenvalue weighted by Gasteiger charge is 2.20. The third-order valence-electron chi connectivity index (χ3n) is 4.24. The molecular weight excluding hydrogens is 379 g/mol. The van der Waals surface area contributed by atoms with Crippen LogP contribution in [0.1, 0.15) is 21.2 Å². The molecule has 6 nitrogen and oxygen atoms in total. The van der Waals surface area contributed by atoms with Crippen molar-refractivity contribution in [3.63, 3.8) is 0 Å². The first-order valence-corrected chi connectivity index (χ1v) is 9.53. The van der Waals surface area contributed by atoms with Gasteiger partial charge in [-0.15, -0.1) is 11.3 Å². The maximum atomic E-state index is 13.3. The summed E-state index contributed by atoms with van der Waals surface area (Å²) < 4.78 is 20.7. The molecule has 1 N–H and O–H groups in total. The van der Waals surface area contributed by atoms with E-state index < -0.39 is 0 Å². The topological polar surface area (TPSA) is 63.3 Å². The van der Waals surface area contributed by atoms with E-state index in [4.69, 9.17) is 4.42 Å². The fourth-order valence-electron chi connectivity index (χ4n) is 2.93. The highest BCUT2D eigenvalue weighted by molar-refractivity contribution is 7.20. The maximum Gasteiger partial charge on any atom is 0.261 e. The van der Waals surface area contributed by atoms with Gasteiger partial charge in [0.25, 0.3) is 5.91 Å². The average molecular weight is 398 g/mol. The van der Waals surface area contributed by atoms with Crippen LogP contribution in [0, 0.1) is 12.7 Å². The van der Waals surface area contributed by atoms with Crippen molar-refractivity contribution in [2.24, 2.45) is 0 Å². The van der Waals surface area contributed by atoms with Gasteiger partial charge in [-0.2, -0.15) is 0 Å². The van der Waals surface area contributed by atoms with Crippen molar-refractivity contribution in [1.82, 2.24) is 14.9 Å². The Morgan fingerprint density at radius 3 is 2.64 bits per heavy atom. The number of imidazole rings is 1. The molecule has 0 aliphatic rings. The van der Waals surface area contributed by atoms with Gasteiger partial charge >= 0.3 is 0 Å². The van der Waals surface area contributed by atoms with Gasteiger partial charge in [-0.1, -0.05) is 0 Å².